The molecular formula is C17H20F3NO3. The molecule has 1 saturated heterocycles. The van der Waals surface area contributed by atoms with E-state index < -0.39 is 29.5 Å². The third-order valence-corrected chi connectivity index (χ3v) is 4.40. The standard InChI is InChI=1S/C17H20F3NO3/c1-11(13-6-2-3-7-14(13)17(18,19)20)9-15(22)21-8-4-5-12(10-21)16(23)24/h2-3,6-7,11-12H,4-5,8-10H2,1H3,(H,23,24). The van der Waals surface area contributed by atoms with Gasteiger partial charge in [-0.2, -0.15) is 13.2 Å². The van der Waals surface area contributed by atoms with Gasteiger partial charge in [-0.1, -0.05) is 25.1 Å². The molecular weight excluding hydrogens is 323 g/mol. The fourth-order valence-corrected chi connectivity index (χ4v) is 3.09. The van der Waals surface area contributed by atoms with E-state index in [1.165, 1.54) is 23.1 Å². The largest absolute Gasteiger partial charge is 0.481 e. The van der Waals surface area contributed by atoms with Crippen molar-refractivity contribution in [3.8, 4) is 0 Å². The molecule has 4 nitrogen and oxygen atoms in total. The van der Waals surface area contributed by atoms with E-state index in [4.69, 9.17) is 5.11 Å². The van der Waals surface area contributed by atoms with Crippen LogP contribution in [0.2, 0.25) is 0 Å². The quantitative estimate of drug-likeness (QED) is 0.910. The smallest absolute Gasteiger partial charge is 0.416 e. The van der Waals surface area contributed by atoms with Crippen molar-refractivity contribution < 1.29 is 27.9 Å². The molecule has 132 valence electrons. The van der Waals surface area contributed by atoms with E-state index in [1.807, 2.05) is 0 Å². The van der Waals surface area contributed by atoms with E-state index in [2.05, 4.69) is 0 Å². The number of carbonyl (C=O) groups excluding carboxylic acids is 1. The second kappa shape index (κ2) is 7.23. The molecule has 1 N–H and O–H groups in total. The molecule has 1 aliphatic heterocycles. The predicted octanol–water partition coefficient (Wildman–Crippen LogP) is 3.52. The van der Waals surface area contributed by atoms with Crippen LogP contribution in [-0.2, 0) is 15.8 Å². The van der Waals surface area contributed by atoms with Gasteiger partial charge < -0.3 is 10.0 Å². The Morgan fingerprint density at radius 2 is 2.00 bits per heavy atom. The highest BCUT2D eigenvalue weighted by Gasteiger charge is 2.35. The number of rotatable bonds is 4. The molecule has 0 bridgehead atoms. The second-order valence-corrected chi connectivity index (χ2v) is 6.21. The van der Waals surface area contributed by atoms with Crippen LogP contribution in [0.5, 0.6) is 0 Å². The predicted molar refractivity (Wildman–Crippen MR) is 81.4 cm³/mol. The molecule has 24 heavy (non-hydrogen) atoms. The molecule has 0 aliphatic carbocycles. The SMILES string of the molecule is CC(CC(=O)N1CCCC(C(=O)O)C1)c1ccccc1C(F)(F)F. The van der Waals surface area contributed by atoms with Crippen LogP contribution in [0, 0.1) is 5.92 Å². The number of nitrogens with zero attached hydrogens (tertiary/aromatic N) is 1. The van der Waals surface area contributed by atoms with Gasteiger partial charge in [0, 0.05) is 19.5 Å². The number of amides is 1. The third-order valence-electron chi connectivity index (χ3n) is 4.40. The first-order valence-electron chi connectivity index (χ1n) is 7.87. The lowest BCUT2D eigenvalue weighted by molar-refractivity contribution is -0.146. The highest BCUT2D eigenvalue weighted by molar-refractivity contribution is 5.78. The molecule has 1 aromatic carbocycles. The van der Waals surface area contributed by atoms with E-state index in [-0.39, 0.29) is 24.4 Å². The summed E-state index contributed by atoms with van der Waals surface area (Å²) >= 11 is 0. The second-order valence-electron chi connectivity index (χ2n) is 6.21. The summed E-state index contributed by atoms with van der Waals surface area (Å²) in [5.74, 6) is -2.44. The molecule has 2 atom stereocenters. The lowest BCUT2D eigenvalue weighted by atomic mass is 9.91. The minimum atomic E-state index is -4.46. The zero-order chi connectivity index (χ0) is 17.9. The maximum absolute atomic E-state index is 13.1. The zero-order valence-electron chi connectivity index (χ0n) is 13.3. The van der Waals surface area contributed by atoms with Gasteiger partial charge in [-0.3, -0.25) is 9.59 Å². The minimum absolute atomic E-state index is 0.0700. The van der Waals surface area contributed by atoms with E-state index in [1.54, 1.807) is 6.92 Å². The van der Waals surface area contributed by atoms with Gasteiger partial charge in [0.25, 0.3) is 0 Å². The van der Waals surface area contributed by atoms with Gasteiger partial charge in [0.15, 0.2) is 0 Å². The van der Waals surface area contributed by atoms with E-state index >= 15 is 0 Å². The Kier molecular flexibility index (Phi) is 5.51. The average molecular weight is 343 g/mol. The first-order chi connectivity index (χ1) is 11.2. The Hall–Kier alpha value is -2.05. The normalized spacial score (nSPS) is 19.8. The first-order valence-corrected chi connectivity index (χ1v) is 7.87. The highest BCUT2D eigenvalue weighted by Crippen LogP contribution is 2.36. The summed E-state index contributed by atoms with van der Waals surface area (Å²) in [6.07, 6.45) is -3.42. The lowest BCUT2D eigenvalue weighted by Gasteiger charge is -2.31. The summed E-state index contributed by atoms with van der Waals surface area (Å²) in [5, 5.41) is 9.06. The van der Waals surface area contributed by atoms with Crippen molar-refractivity contribution in [2.24, 2.45) is 5.92 Å². The van der Waals surface area contributed by atoms with Crippen LogP contribution in [0.4, 0.5) is 13.2 Å². The van der Waals surface area contributed by atoms with Crippen LogP contribution in [-0.4, -0.2) is 35.0 Å². The van der Waals surface area contributed by atoms with Crippen molar-refractivity contribution in [1.82, 2.24) is 4.90 Å². The van der Waals surface area contributed by atoms with Crippen molar-refractivity contribution in [3.63, 3.8) is 0 Å². The summed E-state index contributed by atoms with van der Waals surface area (Å²) in [6.45, 7) is 2.17. The number of piperidine rings is 1. The number of hydrogen-bond acceptors (Lipinski definition) is 2. The van der Waals surface area contributed by atoms with Crippen molar-refractivity contribution in [2.75, 3.05) is 13.1 Å². The maximum atomic E-state index is 13.1. The molecule has 0 saturated carbocycles. The molecule has 0 spiro atoms. The Balaban J connectivity index is 2.08. The molecule has 1 fully saturated rings. The van der Waals surface area contributed by atoms with Gasteiger partial charge in [0.2, 0.25) is 5.91 Å². The number of benzene rings is 1. The van der Waals surface area contributed by atoms with Gasteiger partial charge in [0.05, 0.1) is 11.5 Å². The number of carboxylic acids is 1. The number of hydrogen-bond donors (Lipinski definition) is 1. The van der Waals surface area contributed by atoms with Gasteiger partial charge in [0.1, 0.15) is 0 Å². The van der Waals surface area contributed by atoms with Gasteiger partial charge in [-0.05, 0) is 30.4 Å². The van der Waals surface area contributed by atoms with Crippen LogP contribution < -0.4 is 0 Å². The number of halogens is 3. The number of carboxylic acid groups (broad SMARTS) is 1. The molecule has 2 rings (SSSR count). The molecule has 1 aromatic rings. The highest BCUT2D eigenvalue weighted by atomic mass is 19.4. The van der Waals surface area contributed by atoms with Crippen molar-refractivity contribution in [3.05, 3.63) is 35.4 Å². The molecule has 1 amide bonds. The summed E-state index contributed by atoms with van der Waals surface area (Å²) in [7, 11) is 0. The monoisotopic (exact) mass is 343 g/mol. The van der Waals surface area contributed by atoms with Crippen LogP contribution in [0.3, 0.4) is 0 Å². The van der Waals surface area contributed by atoms with Gasteiger partial charge in [-0.25, -0.2) is 0 Å². The van der Waals surface area contributed by atoms with E-state index in [0.29, 0.717) is 19.4 Å². The first kappa shape index (κ1) is 18.3. The molecule has 2 unspecified atom stereocenters. The lowest BCUT2D eigenvalue weighted by Crippen LogP contribution is -2.42. The van der Waals surface area contributed by atoms with Gasteiger partial charge >= 0.3 is 12.1 Å². The van der Waals surface area contributed by atoms with Gasteiger partial charge in [-0.15, -0.1) is 0 Å². The summed E-state index contributed by atoms with van der Waals surface area (Å²) < 4.78 is 39.2. The van der Waals surface area contributed by atoms with Crippen molar-refractivity contribution >= 4 is 11.9 Å². The Labute approximate surface area is 138 Å². The summed E-state index contributed by atoms with van der Waals surface area (Å²) in [4.78, 5) is 24.9. The van der Waals surface area contributed by atoms with Crippen LogP contribution in [0.1, 0.15) is 43.2 Å². The van der Waals surface area contributed by atoms with Crippen LogP contribution in [0.25, 0.3) is 0 Å². The Morgan fingerprint density at radius 1 is 1.33 bits per heavy atom. The molecule has 1 heterocycles. The summed E-state index contributed by atoms with van der Waals surface area (Å²) in [6, 6.07) is 5.24. The number of carbonyl (C=O) groups is 2. The molecule has 0 radical (unpaired) electrons. The van der Waals surface area contributed by atoms with E-state index in [0.717, 1.165) is 6.07 Å². The maximum Gasteiger partial charge on any atom is 0.416 e. The Bertz CT molecular complexity index is 615. The van der Waals surface area contributed by atoms with Crippen molar-refractivity contribution in [2.45, 2.75) is 38.3 Å². The molecule has 0 aromatic heterocycles. The molecule has 1 aliphatic rings. The molecule has 7 heteroatoms. The Morgan fingerprint density at radius 3 is 2.62 bits per heavy atom. The average Bonchev–Trinajstić information content (AvgIpc) is 2.54. The minimum Gasteiger partial charge on any atom is -0.481 e. The fourth-order valence-electron chi connectivity index (χ4n) is 3.09. The van der Waals surface area contributed by atoms with Crippen molar-refractivity contribution in [1.29, 1.82) is 0 Å². The van der Waals surface area contributed by atoms with Crippen LogP contribution in [0.15, 0.2) is 24.3 Å². The topological polar surface area (TPSA) is 57.6 Å². The number of aliphatic carboxylic acids is 1. The number of likely N-dealkylation sites (tertiary alicyclic amines) is 1. The zero-order valence-corrected chi connectivity index (χ0v) is 13.3. The summed E-state index contributed by atoms with van der Waals surface area (Å²) in [5.41, 5.74) is -0.641. The fraction of sp³-hybridized carbons (Fsp3) is 0.529. The number of alkyl halides is 3. The third kappa shape index (κ3) is 4.27. The van der Waals surface area contributed by atoms with E-state index in [9.17, 15) is 22.8 Å². The van der Waals surface area contributed by atoms with Crippen LogP contribution >= 0.6 is 0 Å².